The summed E-state index contributed by atoms with van der Waals surface area (Å²) in [5.41, 5.74) is 0.803. The fraction of sp³-hybridized carbons (Fsp3) is 0.600. The summed E-state index contributed by atoms with van der Waals surface area (Å²) < 4.78 is 27.6. The summed E-state index contributed by atoms with van der Waals surface area (Å²) in [4.78, 5) is 0.272. The molecule has 0 spiro atoms. The predicted molar refractivity (Wildman–Crippen MR) is 86.4 cm³/mol. The van der Waals surface area contributed by atoms with Crippen molar-refractivity contribution in [1.29, 1.82) is 0 Å². The van der Waals surface area contributed by atoms with Crippen molar-refractivity contribution in [2.75, 3.05) is 13.1 Å². The van der Waals surface area contributed by atoms with E-state index in [9.17, 15) is 8.42 Å². The van der Waals surface area contributed by atoms with Gasteiger partial charge in [0.1, 0.15) is 0 Å². The van der Waals surface area contributed by atoms with E-state index in [4.69, 9.17) is 5.11 Å². The van der Waals surface area contributed by atoms with Gasteiger partial charge in [0.05, 0.1) is 11.5 Å². The van der Waals surface area contributed by atoms with Gasteiger partial charge in [0, 0.05) is 17.6 Å². The molecule has 118 valence electrons. The first-order valence-electron chi connectivity index (χ1n) is 7.05. The van der Waals surface area contributed by atoms with Crippen LogP contribution in [0.1, 0.15) is 32.8 Å². The lowest BCUT2D eigenvalue weighted by atomic mass is 9.80. The Morgan fingerprint density at radius 3 is 2.52 bits per heavy atom. The summed E-state index contributed by atoms with van der Waals surface area (Å²) in [5, 5.41) is 9.11. The molecule has 0 amide bonds. The van der Waals surface area contributed by atoms with Crippen LogP contribution in [0.25, 0.3) is 0 Å². The number of aliphatic hydroxyl groups excluding tert-OH is 1. The molecule has 1 unspecified atom stereocenters. The average Bonchev–Trinajstić information content (AvgIpc) is 2.88. The summed E-state index contributed by atoms with van der Waals surface area (Å²) in [5.74, 6) is 0.378. The van der Waals surface area contributed by atoms with Crippen LogP contribution >= 0.6 is 15.9 Å². The van der Waals surface area contributed by atoms with Gasteiger partial charge in [-0.2, -0.15) is 4.31 Å². The van der Waals surface area contributed by atoms with Crippen LogP contribution in [0.15, 0.2) is 27.6 Å². The van der Waals surface area contributed by atoms with E-state index in [2.05, 4.69) is 36.7 Å². The van der Waals surface area contributed by atoms with Crippen molar-refractivity contribution >= 4 is 26.0 Å². The smallest absolute Gasteiger partial charge is 0.244 e. The number of benzene rings is 1. The maximum absolute atomic E-state index is 12.8. The SMILES string of the molecule is CC(C)(C)C1CCN(S(=O)(=O)c2ccc(CO)cc2Br)C1. The van der Waals surface area contributed by atoms with E-state index in [-0.39, 0.29) is 16.9 Å². The number of hydrogen-bond donors (Lipinski definition) is 1. The van der Waals surface area contributed by atoms with E-state index in [1.165, 1.54) is 0 Å². The highest BCUT2D eigenvalue weighted by Crippen LogP contribution is 2.37. The molecule has 0 aliphatic carbocycles. The van der Waals surface area contributed by atoms with E-state index < -0.39 is 10.0 Å². The van der Waals surface area contributed by atoms with Gasteiger partial charge < -0.3 is 5.11 Å². The number of hydrogen-bond acceptors (Lipinski definition) is 3. The summed E-state index contributed by atoms with van der Waals surface area (Å²) in [6.45, 7) is 7.49. The molecule has 1 heterocycles. The Balaban J connectivity index is 2.28. The normalized spacial score (nSPS) is 20.9. The molecule has 1 fully saturated rings. The predicted octanol–water partition coefficient (Wildman–Crippen LogP) is 3.00. The molecule has 1 aliphatic rings. The van der Waals surface area contributed by atoms with Crippen LogP contribution in [0.2, 0.25) is 0 Å². The molecule has 0 saturated carbocycles. The van der Waals surface area contributed by atoms with Crippen molar-refractivity contribution in [3.8, 4) is 0 Å². The highest BCUT2D eigenvalue weighted by molar-refractivity contribution is 9.10. The first kappa shape index (κ1) is 16.9. The monoisotopic (exact) mass is 375 g/mol. The molecule has 1 N–H and O–H groups in total. The fourth-order valence-electron chi connectivity index (χ4n) is 2.64. The number of halogens is 1. The van der Waals surface area contributed by atoms with Gasteiger partial charge in [0.25, 0.3) is 0 Å². The second-order valence-electron chi connectivity index (χ2n) is 6.64. The quantitative estimate of drug-likeness (QED) is 0.883. The highest BCUT2D eigenvalue weighted by atomic mass is 79.9. The third-order valence-corrected chi connectivity index (χ3v) is 7.01. The van der Waals surface area contributed by atoms with E-state index in [1.807, 2.05) is 0 Å². The molecule has 21 heavy (non-hydrogen) atoms. The number of rotatable bonds is 3. The van der Waals surface area contributed by atoms with Crippen molar-refractivity contribution in [3.05, 3.63) is 28.2 Å². The van der Waals surface area contributed by atoms with E-state index >= 15 is 0 Å². The third kappa shape index (κ3) is 3.50. The number of aliphatic hydroxyl groups is 1. The Hall–Kier alpha value is -0.430. The Morgan fingerprint density at radius 1 is 1.38 bits per heavy atom. The third-order valence-electron chi connectivity index (χ3n) is 4.17. The minimum atomic E-state index is -3.48. The van der Waals surface area contributed by atoms with Gasteiger partial charge in [-0.15, -0.1) is 0 Å². The summed E-state index contributed by atoms with van der Waals surface area (Å²) in [7, 11) is -3.48. The van der Waals surface area contributed by atoms with Gasteiger partial charge in [-0.1, -0.05) is 26.8 Å². The Kier molecular flexibility index (Phi) is 4.83. The molecule has 1 aliphatic heterocycles. The van der Waals surface area contributed by atoms with Crippen LogP contribution < -0.4 is 0 Å². The number of sulfonamides is 1. The minimum absolute atomic E-state index is 0.102. The zero-order chi connectivity index (χ0) is 15.8. The van der Waals surface area contributed by atoms with Crippen molar-refractivity contribution in [1.82, 2.24) is 4.31 Å². The molecule has 0 bridgehead atoms. The van der Waals surface area contributed by atoms with Crippen LogP contribution in [-0.2, 0) is 16.6 Å². The van der Waals surface area contributed by atoms with Gasteiger partial charge in [0.2, 0.25) is 10.0 Å². The molecule has 2 rings (SSSR count). The maximum Gasteiger partial charge on any atom is 0.244 e. The molecule has 0 radical (unpaired) electrons. The molecule has 1 atom stereocenters. The maximum atomic E-state index is 12.8. The molecule has 1 aromatic carbocycles. The van der Waals surface area contributed by atoms with Crippen LogP contribution in [0.4, 0.5) is 0 Å². The van der Waals surface area contributed by atoms with Gasteiger partial charge in [-0.3, -0.25) is 0 Å². The lowest BCUT2D eigenvalue weighted by Gasteiger charge is -2.27. The fourth-order valence-corrected chi connectivity index (χ4v) is 5.23. The zero-order valence-corrected chi connectivity index (χ0v) is 15.0. The number of nitrogens with zero attached hydrogens (tertiary/aromatic N) is 1. The lowest BCUT2D eigenvalue weighted by Crippen LogP contribution is -2.31. The minimum Gasteiger partial charge on any atom is -0.392 e. The standard InChI is InChI=1S/C15H22BrNO3S/c1-15(2,3)12-6-7-17(9-12)21(19,20)14-5-4-11(10-18)8-13(14)16/h4-5,8,12,18H,6-7,9-10H2,1-3H3. The molecule has 0 aromatic heterocycles. The van der Waals surface area contributed by atoms with Crippen LogP contribution in [0.3, 0.4) is 0 Å². The van der Waals surface area contributed by atoms with Gasteiger partial charge >= 0.3 is 0 Å². The van der Waals surface area contributed by atoms with Crippen molar-refractivity contribution in [2.45, 2.75) is 38.7 Å². The summed E-state index contributed by atoms with van der Waals surface area (Å²) in [6, 6.07) is 4.87. The molecular formula is C15H22BrNO3S. The van der Waals surface area contributed by atoms with Crippen molar-refractivity contribution in [3.63, 3.8) is 0 Å². The van der Waals surface area contributed by atoms with Crippen molar-refractivity contribution < 1.29 is 13.5 Å². The largest absolute Gasteiger partial charge is 0.392 e. The van der Waals surface area contributed by atoms with Crippen molar-refractivity contribution in [2.24, 2.45) is 11.3 Å². The molecular weight excluding hydrogens is 354 g/mol. The highest BCUT2D eigenvalue weighted by Gasteiger charge is 2.38. The van der Waals surface area contributed by atoms with E-state index in [0.29, 0.717) is 29.0 Å². The van der Waals surface area contributed by atoms with Gasteiger partial charge in [0.15, 0.2) is 0 Å². The van der Waals surface area contributed by atoms with E-state index in [0.717, 1.165) is 6.42 Å². The van der Waals surface area contributed by atoms with Gasteiger partial charge in [-0.25, -0.2) is 8.42 Å². The average molecular weight is 376 g/mol. The van der Waals surface area contributed by atoms with E-state index in [1.54, 1.807) is 22.5 Å². The molecule has 1 aromatic rings. The van der Waals surface area contributed by atoms with Crippen LogP contribution in [0, 0.1) is 11.3 Å². The summed E-state index contributed by atoms with van der Waals surface area (Å²) in [6.07, 6.45) is 0.898. The second kappa shape index (κ2) is 5.99. The summed E-state index contributed by atoms with van der Waals surface area (Å²) >= 11 is 3.31. The topological polar surface area (TPSA) is 57.6 Å². The Morgan fingerprint density at radius 2 is 2.05 bits per heavy atom. The van der Waals surface area contributed by atoms with Crippen LogP contribution in [-0.4, -0.2) is 30.9 Å². The molecule has 6 heteroatoms. The Labute approximate surface area is 135 Å². The molecule has 4 nitrogen and oxygen atoms in total. The first-order chi connectivity index (χ1) is 9.66. The molecule has 1 saturated heterocycles. The van der Waals surface area contributed by atoms with Crippen LogP contribution in [0.5, 0.6) is 0 Å². The Bertz CT molecular complexity index is 622. The zero-order valence-electron chi connectivity index (χ0n) is 12.6. The lowest BCUT2D eigenvalue weighted by molar-refractivity contribution is 0.252. The van der Waals surface area contributed by atoms with Gasteiger partial charge in [-0.05, 0) is 51.4 Å². The second-order valence-corrected chi connectivity index (χ2v) is 9.40. The first-order valence-corrected chi connectivity index (χ1v) is 9.29.